The Kier molecular flexibility index (Phi) is 2.00. The van der Waals surface area contributed by atoms with E-state index >= 15 is 0 Å². The van der Waals surface area contributed by atoms with Gasteiger partial charge in [0, 0.05) is 12.1 Å². The number of H-pyrrole nitrogens is 1. The Morgan fingerprint density at radius 1 is 1.54 bits per heavy atom. The summed E-state index contributed by atoms with van der Waals surface area (Å²) in [4.78, 5) is 4.32. The topological polar surface area (TPSA) is 41.6 Å². The van der Waals surface area contributed by atoms with Crippen molar-refractivity contribution in [2.45, 2.75) is 26.2 Å². The normalized spacial score (nSPS) is 13.4. The fourth-order valence-corrected chi connectivity index (χ4v) is 1.41. The average Bonchev–Trinajstić information content (AvgIpc) is 2.60. The molecule has 0 aliphatic heterocycles. The third-order valence-electron chi connectivity index (χ3n) is 2.43. The number of hydrogen-bond donors (Lipinski definition) is 1. The van der Waals surface area contributed by atoms with Gasteiger partial charge in [-0.25, -0.2) is 0 Å². The zero-order chi connectivity index (χ0) is 9.26. The molecule has 0 aliphatic carbocycles. The van der Waals surface area contributed by atoms with Crippen molar-refractivity contribution < 1.29 is 0 Å². The van der Waals surface area contributed by atoms with Gasteiger partial charge in [-0.1, -0.05) is 13.8 Å². The van der Waals surface area contributed by atoms with E-state index in [4.69, 9.17) is 0 Å². The molecule has 3 heteroatoms. The predicted molar refractivity (Wildman–Crippen MR) is 52.6 cm³/mol. The summed E-state index contributed by atoms with van der Waals surface area (Å²) in [7, 11) is 0. The third-order valence-corrected chi connectivity index (χ3v) is 2.43. The Labute approximate surface area is 77.2 Å². The van der Waals surface area contributed by atoms with Crippen LogP contribution in [0.3, 0.4) is 0 Å². The lowest BCUT2D eigenvalue weighted by Gasteiger charge is -2.02. The van der Waals surface area contributed by atoms with Gasteiger partial charge >= 0.3 is 0 Å². The summed E-state index contributed by atoms with van der Waals surface area (Å²) in [6.45, 7) is 4.33. The molecule has 0 fully saturated rings. The highest BCUT2D eigenvalue weighted by molar-refractivity contribution is 5.76. The lowest BCUT2D eigenvalue weighted by Crippen LogP contribution is -1.92. The molecule has 0 saturated carbocycles. The molecule has 1 N–H and O–H groups in total. The number of rotatable bonds is 2. The molecular formula is C10H13N3. The Morgan fingerprint density at radius 3 is 3.15 bits per heavy atom. The zero-order valence-corrected chi connectivity index (χ0v) is 7.91. The molecule has 1 atom stereocenters. The van der Waals surface area contributed by atoms with Gasteiger partial charge in [0.25, 0.3) is 0 Å². The molecule has 0 aromatic carbocycles. The molecule has 0 radical (unpaired) electrons. The van der Waals surface area contributed by atoms with E-state index in [-0.39, 0.29) is 0 Å². The van der Waals surface area contributed by atoms with Gasteiger partial charge in [0.2, 0.25) is 0 Å². The number of hydrogen-bond acceptors (Lipinski definition) is 2. The van der Waals surface area contributed by atoms with Gasteiger partial charge < -0.3 is 0 Å². The molecule has 68 valence electrons. The van der Waals surface area contributed by atoms with Gasteiger partial charge in [-0.2, -0.15) is 5.10 Å². The van der Waals surface area contributed by atoms with Gasteiger partial charge in [-0.3, -0.25) is 10.1 Å². The number of aromatic nitrogens is 3. The van der Waals surface area contributed by atoms with Crippen LogP contribution in [0.25, 0.3) is 11.0 Å². The maximum absolute atomic E-state index is 4.32. The van der Waals surface area contributed by atoms with E-state index in [1.165, 1.54) is 0 Å². The van der Waals surface area contributed by atoms with Crippen LogP contribution in [-0.2, 0) is 0 Å². The Hall–Kier alpha value is -1.38. The van der Waals surface area contributed by atoms with Crippen molar-refractivity contribution in [1.82, 2.24) is 15.2 Å². The predicted octanol–water partition coefficient (Wildman–Crippen LogP) is 2.47. The van der Waals surface area contributed by atoms with E-state index in [9.17, 15) is 0 Å². The molecule has 1 unspecified atom stereocenters. The van der Waals surface area contributed by atoms with E-state index in [0.717, 1.165) is 23.1 Å². The van der Waals surface area contributed by atoms with Crippen molar-refractivity contribution in [3.63, 3.8) is 0 Å². The summed E-state index contributed by atoms with van der Waals surface area (Å²) in [5.74, 6) is 0.476. The molecule has 3 nitrogen and oxygen atoms in total. The molecule has 0 aliphatic rings. The lowest BCUT2D eigenvalue weighted by atomic mass is 10.0. The maximum atomic E-state index is 4.32. The summed E-state index contributed by atoms with van der Waals surface area (Å²) in [6.07, 6.45) is 2.90. The van der Waals surface area contributed by atoms with Crippen molar-refractivity contribution in [1.29, 1.82) is 0 Å². The minimum absolute atomic E-state index is 0.476. The van der Waals surface area contributed by atoms with Gasteiger partial charge in [-0.15, -0.1) is 0 Å². The van der Waals surface area contributed by atoms with Crippen molar-refractivity contribution in [3.8, 4) is 0 Å². The highest BCUT2D eigenvalue weighted by atomic mass is 15.1. The van der Waals surface area contributed by atoms with Gasteiger partial charge in [0.1, 0.15) is 5.52 Å². The molecule has 2 aromatic heterocycles. The summed E-state index contributed by atoms with van der Waals surface area (Å²) in [6, 6.07) is 3.92. The largest absolute Gasteiger partial charge is 0.276 e. The van der Waals surface area contributed by atoms with Crippen LogP contribution in [0.2, 0.25) is 0 Å². The van der Waals surface area contributed by atoms with E-state index < -0.39 is 0 Å². The molecule has 0 spiro atoms. The second-order valence-electron chi connectivity index (χ2n) is 3.32. The van der Waals surface area contributed by atoms with E-state index in [2.05, 4.69) is 29.0 Å². The molecule has 0 saturated heterocycles. The molecular weight excluding hydrogens is 162 g/mol. The first-order valence-corrected chi connectivity index (χ1v) is 4.62. The van der Waals surface area contributed by atoms with Crippen molar-refractivity contribution >= 4 is 11.0 Å². The fraction of sp³-hybridized carbons (Fsp3) is 0.400. The minimum Gasteiger partial charge on any atom is -0.276 e. The highest BCUT2D eigenvalue weighted by Crippen LogP contribution is 2.22. The zero-order valence-electron chi connectivity index (χ0n) is 7.91. The van der Waals surface area contributed by atoms with Crippen LogP contribution in [0.1, 0.15) is 31.9 Å². The van der Waals surface area contributed by atoms with Crippen LogP contribution in [-0.4, -0.2) is 15.2 Å². The quantitative estimate of drug-likeness (QED) is 0.761. The molecule has 0 bridgehead atoms. The smallest absolute Gasteiger partial charge is 0.111 e. The van der Waals surface area contributed by atoms with Crippen LogP contribution >= 0.6 is 0 Å². The van der Waals surface area contributed by atoms with Crippen molar-refractivity contribution in [2.24, 2.45) is 0 Å². The molecule has 2 heterocycles. The molecule has 2 aromatic rings. The second-order valence-corrected chi connectivity index (χ2v) is 3.32. The molecule has 0 amide bonds. The number of aromatic amines is 1. The van der Waals surface area contributed by atoms with Crippen molar-refractivity contribution in [2.75, 3.05) is 0 Å². The first kappa shape index (κ1) is 8.23. The molecule has 2 rings (SSSR count). The SMILES string of the molecule is CCC(C)c1n[nH]c2cccnc12. The van der Waals surface area contributed by atoms with Gasteiger partial charge in [0.05, 0.1) is 11.2 Å². The maximum Gasteiger partial charge on any atom is 0.111 e. The Balaban J connectivity index is 2.57. The van der Waals surface area contributed by atoms with Crippen LogP contribution in [0.4, 0.5) is 0 Å². The highest BCUT2D eigenvalue weighted by Gasteiger charge is 2.11. The summed E-state index contributed by atoms with van der Waals surface area (Å²) in [5, 5.41) is 7.27. The van der Waals surface area contributed by atoms with E-state index in [1.807, 2.05) is 18.3 Å². The van der Waals surface area contributed by atoms with Gasteiger partial charge in [0.15, 0.2) is 0 Å². The first-order chi connectivity index (χ1) is 6.33. The van der Waals surface area contributed by atoms with Crippen LogP contribution in [0.15, 0.2) is 18.3 Å². The van der Waals surface area contributed by atoms with E-state index in [1.54, 1.807) is 0 Å². The number of nitrogens with one attached hydrogen (secondary N) is 1. The summed E-state index contributed by atoms with van der Waals surface area (Å²) < 4.78 is 0. The van der Waals surface area contributed by atoms with Crippen molar-refractivity contribution in [3.05, 3.63) is 24.0 Å². The number of fused-ring (bicyclic) bond motifs is 1. The summed E-state index contributed by atoms with van der Waals surface area (Å²) >= 11 is 0. The summed E-state index contributed by atoms with van der Waals surface area (Å²) in [5.41, 5.74) is 3.12. The first-order valence-electron chi connectivity index (χ1n) is 4.62. The third kappa shape index (κ3) is 1.30. The Bertz CT molecular complexity index is 405. The second kappa shape index (κ2) is 3.17. The van der Waals surface area contributed by atoms with Gasteiger partial charge in [-0.05, 0) is 18.6 Å². The molecule has 13 heavy (non-hydrogen) atoms. The fourth-order valence-electron chi connectivity index (χ4n) is 1.41. The van der Waals surface area contributed by atoms with Crippen LogP contribution < -0.4 is 0 Å². The Morgan fingerprint density at radius 2 is 2.38 bits per heavy atom. The lowest BCUT2D eigenvalue weighted by molar-refractivity contribution is 0.707. The standard InChI is InChI=1S/C10H13N3/c1-3-7(2)9-10-8(12-13-9)5-4-6-11-10/h4-7H,3H2,1-2H3,(H,12,13). The van der Waals surface area contributed by atoms with Crippen LogP contribution in [0, 0.1) is 0 Å². The van der Waals surface area contributed by atoms with Crippen LogP contribution in [0.5, 0.6) is 0 Å². The minimum atomic E-state index is 0.476. The number of nitrogens with zero attached hydrogens (tertiary/aromatic N) is 2. The average molecular weight is 175 g/mol. The van der Waals surface area contributed by atoms with E-state index in [0.29, 0.717) is 5.92 Å². The monoisotopic (exact) mass is 175 g/mol. The number of pyridine rings is 1.